The van der Waals surface area contributed by atoms with Crippen LogP contribution in [0, 0.1) is 13.8 Å². The Morgan fingerprint density at radius 2 is 0.857 bits per heavy atom. The van der Waals surface area contributed by atoms with Gasteiger partial charge in [-0.1, -0.05) is 98.8 Å². The molecular formula is C45H38N2O2. The van der Waals surface area contributed by atoms with E-state index in [0.29, 0.717) is 0 Å². The molecule has 0 radical (unpaired) electrons. The largest absolute Gasteiger partial charge is 0.457 e. The van der Waals surface area contributed by atoms with Gasteiger partial charge in [-0.3, -0.25) is 0 Å². The van der Waals surface area contributed by atoms with Gasteiger partial charge in [0, 0.05) is 38.3 Å². The molecule has 0 aliphatic heterocycles. The first kappa shape index (κ1) is 30.3. The average molecular weight is 639 g/mol. The van der Waals surface area contributed by atoms with Crippen LogP contribution in [0.2, 0.25) is 0 Å². The molecule has 0 saturated heterocycles. The fourth-order valence-corrected chi connectivity index (χ4v) is 6.86. The minimum atomic E-state index is -0.227. The van der Waals surface area contributed by atoms with Gasteiger partial charge in [-0.05, 0) is 96.8 Å². The van der Waals surface area contributed by atoms with E-state index in [0.717, 1.165) is 67.7 Å². The van der Waals surface area contributed by atoms with Crippen LogP contribution in [0.15, 0.2) is 146 Å². The van der Waals surface area contributed by atoms with Crippen molar-refractivity contribution in [3.63, 3.8) is 0 Å². The molecule has 0 spiro atoms. The van der Waals surface area contributed by atoms with E-state index in [4.69, 9.17) is 9.47 Å². The lowest BCUT2D eigenvalue weighted by molar-refractivity contribution is 0.482. The van der Waals surface area contributed by atoms with Crippen molar-refractivity contribution in [1.82, 2.24) is 9.97 Å². The number of fused-ring (bicyclic) bond motifs is 2. The Hall–Kier alpha value is -6.00. The van der Waals surface area contributed by atoms with Crippen molar-refractivity contribution < 1.29 is 9.47 Å². The molecule has 49 heavy (non-hydrogen) atoms. The number of nitrogens with one attached hydrogen (secondary N) is 2. The molecule has 0 saturated carbocycles. The smallest absolute Gasteiger partial charge is 0.137 e. The Bertz CT molecular complexity index is 2190. The molecule has 0 amide bonds. The van der Waals surface area contributed by atoms with Crippen LogP contribution < -0.4 is 9.47 Å². The summed E-state index contributed by atoms with van der Waals surface area (Å²) in [5.74, 6) is 3.26. The van der Waals surface area contributed by atoms with Crippen LogP contribution in [0.4, 0.5) is 0 Å². The van der Waals surface area contributed by atoms with Gasteiger partial charge in [0.2, 0.25) is 0 Å². The highest BCUT2D eigenvalue weighted by Gasteiger charge is 2.24. The van der Waals surface area contributed by atoms with Gasteiger partial charge in [-0.15, -0.1) is 0 Å². The van der Waals surface area contributed by atoms with Gasteiger partial charge in [-0.2, -0.15) is 0 Å². The topological polar surface area (TPSA) is 50.0 Å². The normalized spacial score (nSPS) is 11.7. The molecule has 8 aromatic rings. The molecule has 8 rings (SSSR count). The van der Waals surface area contributed by atoms with Crippen molar-refractivity contribution in [2.24, 2.45) is 0 Å². The highest BCUT2D eigenvalue weighted by atomic mass is 16.5. The molecule has 2 heterocycles. The lowest BCUT2D eigenvalue weighted by Gasteiger charge is -2.26. The van der Waals surface area contributed by atoms with Crippen molar-refractivity contribution in [2.75, 3.05) is 0 Å². The minimum absolute atomic E-state index is 0.227. The van der Waals surface area contributed by atoms with E-state index in [9.17, 15) is 0 Å². The molecule has 0 aliphatic rings. The first-order valence-electron chi connectivity index (χ1n) is 16.8. The highest BCUT2D eigenvalue weighted by molar-refractivity contribution is 5.89. The minimum Gasteiger partial charge on any atom is -0.457 e. The zero-order chi connectivity index (χ0) is 33.5. The Morgan fingerprint density at radius 1 is 0.449 bits per heavy atom. The van der Waals surface area contributed by atoms with Gasteiger partial charge in [0.05, 0.1) is 11.4 Å². The fraction of sp³-hybridized carbons (Fsp3) is 0.111. The molecule has 4 heteroatoms. The predicted octanol–water partition coefficient (Wildman–Crippen LogP) is 12.5. The zero-order valence-electron chi connectivity index (χ0n) is 28.2. The number of aromatic nitrogens is 2. The van der Waals surface area contributed by atoms with E-state index < -0.39 is 0 Å². The second-order valence-corrected chi connectivity index (χ2v) is 13.3. The quantitative estimate of drug-likeness (QED) is 0.174. The van der Waals surface area contributed by atoms with Crippen molar-refractivity contribution in [3.05, 3.63) is 168 Å². The van der Waals surface area contributed by atoms with Crippen molar-refractivity contribution in [2.45, 2.75) is 33.1 Å². The van der Waals surface area contributed by atoms with Crippen LogP contribution in [0.5, 0.6) is 23.0 Å². The number of ether oxygens (including phenoxy) is 2. The molecule has 240 valence electrons. The summed E-state index contributed by atoms with van der Waals surface area (Å²) in [6, 6.07) is 50.4. The highest BCUT2D eigenvalue weighted by Crippen LogP contribution is 2.40. The van der Waals surface area contributed by atoms with E-state index in [1.165, 1.54) is 21.9 Å². The summed E-state index contributed by atoms with van der Waals surface area (Å²) in [4.78, 5) is 7.14. The monoisotopic (exact) mass is 638 g/mol. The Labute approximate surface area is 287 Å². The van der Waals surface area contributed by atoms with E-state index in [2.05, 4.69) is 159 Å². The molecule has 0 unspecified atom stereocenters. The summed E-state index contributed by atoms with van der Waals surface area (Å²) in [7, 11) is 0. The molecule has 0 fully saturated rings. The second-order valence-electron chi connectivity index (χ2n) is 13.3. The number of aryl methyl sites for hydroxylation is 2. The Morgan fingerprint density at radius 3 is 1.27 bits per heavy atom. The molecule has 4 nitrogen and oxygen atoms in total. The molecule has 2 aromatic heterocycles. The summed E-state index contributed by atoms with van der Waals surface area (Å²) in [5, 5.41) is 2.37. The SMILES string of the molecule is Cc1cccc(Oc2ccc(C(C)(C)c3ccc(Oc4cccc(C)c4-c4cc5ccccc5[nH]4)cc3)cc2)c1-c1cc2ccccc2[nH]1. The summed E-state index contributed by atoms with van der Waals surface area (Å²) in [6.45, 7) is 8.75. The Balaban J connectivity index is 1.01. The van der Waals surface area contributed by atoms with Crippen molar-refractivity contribution in [1.29, 1.82) is 0 Å². The van der Waals surface area contributed by atoms with Gasteiger partial charge in [-0.25, -0.2) is 0 Å². The number of aromatic amines is 2. The number of H-pyrrole nitrogens is 2. The summed E-state index contributed by atoms with van der Waals surface area (Å²) in [5.41, 5.74) is 11.0. The maximum absolute atomic E-state index is 6.51. The number of para-hydroxylation sites is 2. The van der Waals surface area contributed by atoms with Crippen LogP contribution in [0.25, 0.3) is 44.3 Å². The maximum Gasteiger partial charge on any atom is 0.137 e. The molecule has 0 bridgehead atoms. The van der Waals surface area contributed by atoms with Gasteiger partial charge in [0.25, 0.3) is 0 Å². The van der Waals surface area contributed by atoms with Crippen LogP contribution in [0.1, 0.15) is 36.1 Å². The van der Waals surface area contributed by atoms with Crippen molar-refractivity contribution >= 4 is 21.8 Å². The molecule has 0 aliphatic carbocycles. The first-order chi connectivity index (χ1) is 23.8. The number of hydrogen-bond donors (Lipinski definition) is 2. The lowest BCUT2D eigenvalue weighted by atomic mass is 9.78. The average Bonchev–Trinajstić information content (AvgIpc) is 3.73. The van der Waals surface area contributed by atoms with E-state index in [1.807, 2.05) is 24.3 Å². The molecule has 0 atom stereocenters. The summed E-state index contributed by atoms with van der Waals surface area (Å²) in [6.07, 6.45) is 0. The Kier molecular flexibility index (Phi) is 7.57. The van der Waals surface area contributed by atoms with E-state index >= 15 is 0 Å². The molecule has 2 N–H and O–H groups in total. The number of rotatable bonds is 8. The standard InChI is InChI=1S/C45H38N2O2/c1-29-11-9-17-41(43(29)39-27-31-13-5-7-15-37(31)46-39)48-35-23-19-33(20-24-35)45(3,4)34-21-25-36(26-22-34)49-42-18-10-12-30(2)44(42)40-28-32-14-6-8-16-38(32)47-40/h5-28,46-47H,1-4H3. The van der Waals surface area contributed by atoms with Crippen LogP contribution in [-0.2, 0) is 5.41 Å². The maximum atomic E-state index is 6.51. The van der Waals surface area contributed by atoms with Gasteiger partial charge in [0.1, 0.15) is 23.0 Å². The van der Waals surface area contributed by atoms with Gasteiger partial charge >= 0.3 is 0 Å². The summed E-state index contributed by atoms with van der Waals surface area (Å²) >= 11 is 0. The van der Waals surface area contributed by atoms with Gasteiger partial charge < -0.3 is 19.4 Å². The summed E-state index contributed by atoms with van der Waals surface area (Å²) < 4.78 is 13.0. The third-order valence-electron chi connectivity index (χ3n) is 9.68. The van der Waals surface area contributed by atoms with Crippen LogP contribution in [0.3, 0.4) is 0 Å². The molecular weight excluding hydrogens is 601 g/mol. The fourth-order valence-electron chi connectivity index (χ4n) is 6.86. The van der Waals surface area contributed by atoms with Gasteiger partial charge in [0.15, 0.2) is 0 Å². The lowest BCUT2D eigenvalue weighted by Crippen LogP contribution is -2.18. The third kappa shape index (κ3) is 5.76. The molecule has 6 aromatic carbocycles. The zero-order valence-corrected chi connectivity index (χ0v) is 28.2. The predicted molar refractivity (Wildman–Crippen MR) is 202 cm³/mol. The van der Waals surface area contributed by atoms with Crippen LogP contribution in [-0.4, -0.2) is 9.97 Å². The number of benzene rings is 6. The second kappa shape index (κ2) is 12.2. The van der Waals surface area contributed by atoms with Crippen LogP contribution >= 0.6 is 0 Å². The van der Waals surface area contributed by atoms with Crippen molar-refractivity contribution in [3.8, 4) is 45.5 Å². The third-order valence-corrected chi connectivity index (χ3v) is 9.68. The number of hydrogen-bond acceptors (Lipinski definition) is 2. The van der Waals surface area contributed by atoms with E-state index in [1.54, 1.807) is 0 Å². The van der Waals surface area contributed by atoms with E-state index in [-0.39, 0.29) is 5.41 Å². The first-order valence-corrected chi connectivity index (χ1v) is 16.8.